The van der Waals surface area contributed by atoms with E-state index >= 15 is 0 Å². The molecule has 0 aliphatic carbocycles. The first kappa shape index (κ1) is 15.8. The molecule has 0 saturated carbocycles. The van der Waals surface area contributed by atoms with Crippen LogP contribution in [0.3, 0.4) is 0 Å². The van der Waals surface area contributed by atoms with Crippen molar-refractivity contribution < 1.29 is 14.3 Å². The molecule has 2 unspecified atom stereocenters. The summed E-state index contributed by atoms with van der Waals surface area (Å²) in [7, 11) is 1.66. The van der Waals surface area contributed by atoms with E-state index in [0.717, 1.165) is 30.3 Å². The van der Waals surface area contributed by atoms with Crippen molar-refractivity contribution in [3.05, 3.63) is 11.4 Å². The maximum Gasteiger partial charge on any atom is 0.325 e. The fourth-order valence-electron chi connectivity index (χ4n) is 3.26. The van der Waals surface area contributed by atoms with Crippen molar-refractivity contribution in [3.63, 3.8) is 0 Å². The molecule has 3 amide bonds. The maximum atomic E-state index is 12.3. The van der Waals surface area contributed by atoms with Crippen LogP contribution in [-0.2, 0) is 9.53 Å². The minimum atomic E-state index is -0.487. The highest BCUT2D eigenvalue weighted by Crippen LogP contribution is 2.35. The molecule has 1 N–H and O–H groups in total. The van der Waals surface area contributed by atoms with E-state index in [2.05, 4.69) is 15.2 Å². The number of likely N-dealkylation sites (N-methyl/N-ethyl adjacent to an activating group) is 1. The van der Waals surface area contributed by atoms with Crippen LogP contribution in [0.5, 0.6) is 0 Å². The van der Waals surface area contributed by atoms with E-state index in [1.165, 1.54) is 4.90 Å². The third-order valence-corrected chi connectivity index (χ3v) is 4.65. The number of hydrogen-bond donors (Lipinski definition) is 1. The van der Waals surface area contributed by atoms with Crippen molar-refractivity contribution in [3.8, 4) is 0 Å². The number of hydrogen-bond acceptors (Lipinski definition) is 6. The number of rotatable bonds is 5. The van der Waals surface area contributed by atoms with E-state index in [-0.39, 0.29) is 5.91 Å². The molecular formula is C15H23N5O3. The molecule has 0 spiro atoms. The van der Waals surface area contributed by atoms with Gasteiger partial charge in [0.05, 0.1) is 0 Å². The summed E-state index contributed by atoms with van der Waals surface area (Å²) in [5.74, 6) is 0.461. The van der Waals surface area contributed by atoms with E-state index in [9.17, 15) is 9.59 Å². The van der Waals surface area contributed by atoms with Crippen molar-refractivity contribution >= 4 is 17.9 Å². The topological polar surface area (TPSA) is 77.5 Å². The maximum absolute atomic E-state index is 12.3. The van der Waals surface area contributed by atoms with Gasteiger partial charge in [0.1, 0.15) is 0 Å². The first-order valence-electron chi connectivity index (χ1n) is 7.94. The number of ether oxygens (including phenoxy) is 1. The third-order valence-electron chi connectivity index (χ3n) is 4.65. The zero-order chi connectivity index (χ0) is 16.7. The van der Waals surface area contributed by atoms with E-state index in [1.807, 2.05) is 25.7 Å². The number of nitrogens with zero attached hydrogens (tertiary/aromatic N) is 4. The van der Waals surface area contributed by atoms with Crippen LogP contribution in [0, 0.1) is 0 Å². The van der Waals surface area contributed by atoms with Gasteiger partial charge in [-0.05, 0) is 27.2 Å². The van der Waals surface area contributed by atoms with Gasteiger partial charge < -0.3 is 14.5 Å². The largest absolute Gasteiger partial charge is 0.382 e. The molecule has 3 rings (SSSR count). The molecule has 3 heterocycles. The zero-order valence-corrected chi connectivity index (χ0v) is 14.0. The summed E-state index contributed by atoms with van der Waals surface area (Å²) < 4.78 is 5.40. The highest BCUT2D eigenvalue weighted by Gasteiger charge is 2.52. The summed E-state index contributed by atoms with van der Waals surface area (Å²) in [5.41, 5.74) is 2.09. The molecule has 3 aliphatic heterocycles. The summed E-state index contributed by atoms with van der Waals surface area (Å²) in [5, 5.41) is 2.40. The molecule has 0 aromatic heterocycles. The van der Waals surface area contributed by atoms with Crippen LogP contribution < -0.4 is 5.32 Å². The summed E-state index contributed by atoms with van der Waals surface area (Å²) in [6.45, 7) is 8.17. The molecule has 23 heavy (non-hydrogen) atoms. The molecule has 1 saturated heterocycles. The second-order valence-corrected chi connectivity index (χ2v) is 5.94. The average Bonchev–Trinajstić information content (AvgIpc) is 3.01. The molecular weight excluding hydrogens is 298 g/mol. The first-order valence-corrected chi connectivity index (χ1v) is 7.94. The van der Waals surface area contributed by atoms with Crippen LogP contribution in [0.2, 0.25) is 0 Å². The fraction of sp³-hybridized carbons (Fsp3) is 0.667. The Hall–Kier alpha value is -2.09. The van der Waals surface area contributed by atoms with Crippen molar-refractivity contribution in [2.75, 3.05) is 26.8 Å². The van der Waals surface area contributed by atoms with Gasteiger partial charge in [0, 0.05) is 38.2 Å². The second-order valence-electron chi connectivity index (χ2n) is 5.94. The van der Waals surface area contributed by atoms with Crippen LogP contribution in [-0.4, -0.2) is 71.6 Å². The number of carbonyl (C=O) groups is 2. The highest BCUT2D eigenvalue weighted by molar-refractivity contribution is 6.05. The zero-order valence-electron chi connectivity index (χ0n) is 14.0. The molecule has 0 bridgehead atoms. The lowest BCUT2D eigenvalue weighted by Gasteiger charge is -2.35. The van der Waals surface area contributed by atoms with Gasteiger partial charge in [0.25, 0.3) is 5.91 Å². The summed E-state index contributed by atoms with van der Waals surface area (Å²) in [6, 6.07) is -0.887. The highest BCUT2D eigenvalue weighted by atomic mass is 16.5. The molecule has 8 nitrogen and oxygen atoms in total. The number of imide groups is 1. The van der Waals surface area contributed by atoms with Crippen molar-refractivity contribution in [2.45, 2.75) is 39.4 Å². The monoisotopic (exact) mass is 321 g/mol. The Kier molecular flexibility index (Phi) is 4.01. The van der Waals surface area contributed by atoms with Gasteiger partial charge in [-0.3, -0.25) is 15.0 Å². The van der Waals surface area contributed by atoms with Gasteiger partial charge in [-0.1, -0.05) is 0 Å². The van der Waals surface area contributed by atoms with Crippen molar-refractivity contribution in [1.82, 2.24) is 20.0 Å². The van der Waals surface area contributed by atoms with Gasteiger partial charge in [0.15, 0.2) is 12.2 Å². The predicted octanol–water partition coefficient (Wildman–Crippen LogP) is 0.528. The molecule has 0 aromatic rings. The fourth-order valence-corrected chi connectivity index (χ4v) is 3.26. The Morgan fingerprint density at radius 3 is 2.70 bits per heavy atom. The number of fused-ring (bicyclic) bond motifs is 3. The van der Waals surface area contributed by atoms with Crippen LogP contribution in [0.25, 0.3) is 0 Å². The number of guanidine groups is 1. The second kappa shape index (κ2) is 5.84. The first-order chi connectivity index (χ1) is 11.0. The lowest BCUT2D eigenvalue weighted by Crippen LogP contribution is -2.63. The number of aliphatic imine (C=N–C) groups is 1. The predicted molar refractivity (Wildman–Crippen MR) is 84.3 cm³/mol. The van der Waals surface area contributed by atoms with Crippen LogP contribution in [0.15, 0.2) is 16.4 Å². The number of nitrogens with one attached hydrogen (secondary N) is 1. The van der Waals surface area contributed by atoms with Crippen LogP contribution in [0.1, 0.15) is 27.2 Å². The Balaban J connectivity index is 1.83. The Bertz CT molecular complexity index is 600. The standard InChI is InChI=1S/C15H23N5O3/c1-5-23-8-6-7-19-9(2)10(3)20-11-12(16-14(19)20)18(4)15(22)17-13(11)21/h11-12H,5-8H2,1-4H3,(H,17,21,22). The van der Waals surface area contributed by atoms with Crippen molar-refractivity contribution in [2.24, 2.45) is 4.99 Å². The Labute approximate surface area is 135 Å². The normalized spacial score (nSPS) is 26.6. The van der Waals surface area contributed by atoms with E-state index in [1.54, 1.807) is 7.05 Å². The third kappa shape index (κ3) is 2.37. The molecule has 3 aliphatic rings. The summed E-state index contributed by atoms with van der Waals surface area (Å²) in [4.78, 5) is 34.3. The summed E-state index contributed by atoms with van der Waals surface area (Å²) in [6.07, 6.45) is 0.408. The Morgan fingerprint density at radius 2 is 2.00 bits per heavy atom. The van der Waals surface area contributed by atoms with Gasteiger partial charge >= 0.3 is 6.03 Å². The van der Waals surface area contributed by atoms with E-state index in [4.69, 9.17) is 4.74 Å². The van der Waals surface area contributed by atoms with Gasteiger partial charge in [-0.25, -0.2) is 9.79 Å². The quantitative estimate of drug-likeness (QED) is 0.747. The molecule has 0 radical (unpaired) electrons. The molecule has 2 atom stereocenters. The van der Waals surface area contributed by atoms with Crippen LogP contribution in [0.4, 0.5) is 4.79 Å². The smallest absolute Gasteiger partial charge is 0.325 e. The minimum Gasteiger partial charge on any atom is -0.382 e. The number of urea groups is 1. The van der Waals surface area contributed by atoms with Gasteiger partial charge in [0.2, 0.25) is 5.96 Å². The summed E-state index contributed by atoms with van der Waals surface area (Å²) >= 11 is 0. The molecule has 1 fully saturated rings. The van der Waals surface area contributed by atoms with E-state index < -0.39 is 18.2 Å². The minimum absolute atomic E-state index is 0.292. The van der Waals surface area contributed by atoms with Crippen molar-refractivity contribution in [1.29, 1.82) is 0 Å². The van der Waals surface area contributed by atoms with Gasteiger partial charge in [-0.15, -0.1) is 0 Å². The SMILES string of the molecule is CCOCCCN1C2=NC3C(C(=O)NC(=O)N3C)N2C(C)=C1C. The average molecular weight is 321 g/mol. The lowest BCUT2D eigenvalue weighted by molar-refractivity contribution is -0.126. The number of carbonyl (C=O) groups excluding carboxylic acids is 2. The number of allylic oxidation sites excluding steroid dienone is 2. The van der Waals surface area contributed by atoms with Crippen LogP contribution >= 0.6 is 0 Å². The lowest BCUT2D eigenvalue weighted by atomic mass is 10.1. The van der Waals surface area contributed by atoms with E-state index in [0.29, 0.717) is 13.2 Å². The number of amides is 3. The molecule has 0 aromatic carbocycles. The molecule has 8 heteroatoms. The van der Waals surface area contributed by atoms with Gasteiger partial charge in [-0.2, -0.15) is 0 Å². The Morgan fingerprint density at radius 1 is 1.26 bits per heavy atom. The molecule has 126 valence electrons.